The van der Waals surface area contributed by atoms with Crippen LogP contribution in [0, 0.1) is 11.3 Å². The maximum atomic E-state index is 12.5. The third kappa shape index (κ3) is 3.67. The molecule has 0 aliphatic heterocycles. The Morgan fingerprint density at radius 1 is 1.17 bits per heavy atom. The van der Waals surface area contributed by atoms with Crippen molar-refractivity contribution in [2.75, 3.05) is 11.3 Å². The lowest BCUT2D eigenvalue weighted by molar-refractivity contribution is 0.0527. The van der Waals surface area contributed by atoms with Gasteiger partial charge in [-0.15, -0.1) is 0 Å². The van der Waals surface area contributed by atoms with E-state index in [-0.39, 0.29) is 28.3 Å². The normalized spacial score (nSPS) is 10.6. The number of para-hydroxylation sites is 1. The topological polar surface area (TPSA) is 96.3 Å². The predicted molar refractivity (Wildman–Crippen MR) is 84.4 cm³/mol. The number of anilines is 1. The van der Waals surface area contributed by atoms with Gasteiger partial charge in [-0.3, -0.25) is 4.72 Å². The maximum absolute atomic E-state index is 12.5. The zero-order chi connectivity index (χ0) is 16.9. The smallest absolute Gasteiger partial charge is 0.340 e. The number of benzene rings is 2. The van der Waals surface area contributed by atoms with Crippen molar-refractivity contribution in [3.8, 4) is 6.07 Å². The molecule has 118 valence electrons. The molecule has 2 aromatic carbocycles. The van der Waals surface area contributed by atoms with Crippen molar-refractivity contribution < 1.29 is 17.9 Å². The first-order chi connectivity index (χ1) is 11.0. The van der Waals surface area contributed by atoms with Crippen molar-refractivity contribution in [2.45, 2.75) is 11.8 Å². The SMILES string of the molecule is CCOC(=O)c1ccccc1NS(=O)(=O)c1ccccc1C#N. The molecular weight excluding hydrogens is 316 g/mol. The Balaban J connectivity index is 2.43. The van der Waals surface area contributed by atoms with Gasteiger partial charge in [0.15, 0.2) is 0 Å². The second kappa shape index (κ2) is 6.94. The molecule has 23 heavy (non-hydrogen) atoms. The molecule has 1 N–H and O–H groups in total. The second-order valence-corrected chi connectivity index (χ2v) is 6.13. The summed E-state index contributed by atoms with van der Waals surface area (Å²) in [5.41, 5.74) is 0.222. The van der Waals surface area contributed by atoms with Gasteiger partial charge in [-0.1, -0.05) is 24.3 Å². The quantitative estimate of drug-likeness (QED) is 0.850. The minimum absolute atomic E-state index is 0.0219. The highest BCUT2D eigenvalue weighted by atomic mass is 32.2. The molecule has 0 fully saturated rings. The number of ether oxygens (including phenoxy) is 1. The number of hydrogen-bond donors (Lipinski definition) is 1. The van der Waals surface area contributed by atoms with E-state index in [1.165, 1.54) is 30.3 Å². The average Bonchev–Trinajstić information content (AvgIpc) is 2.55. The van der Waals surface area contributed by atoms with Gasteiger partial charge in [0.25, 0.3) is 10.0 Å². The van der Waals surface area contributed by atoms with Gasteiger partial charge in [0.1, 0.15) is 11.0 Å². The first kappa shape index (κ1) is 16.5. The van der Waals surface area contributed by atoms with E-state index in [1.54, 1.807) is 25.1 Å². The average molecular weight is 330 g/mol. The molecule has 2 aromatic rings. The van der Waals surface area contributed by atoms with Crippen LogP contribution in [0.1, 0.15) is 22.8 Å². The van der Waals surface area contributed by atoms with Crippen molar-refractivity contribution in [3.05, 3.63) is 59.7 Å². The largest absolute Gasteiger partial charge is 0.462 e. The molecule has 0 heterocycles. The predicted octanol–water partition coefficient (Wildman–Crippen LogP) is 2.54. The van der Waals surface area contributed by atoms with Crippen LogP contribution in [-0.2, 0) is 14.8 Å². The number of esters is 1. The molecule has 6 nitrogen and oxygen atoms in total. The molecule has 0 radical (unpaired) electrons. The lowest BCUT2D eigenvalue weighted by Crippen LogP contribution is -2.17. The minimum Gasteiger partial charge on any atom is -0.462 e. The summed E-state index contributed by atoms with van der Waals surface area (Å²) >= 11 is 0. The second-order valence-electron chi connectivity index (χ2n) is 4.48. The molecule has 0 amide bonds. The summed E-state index contributed by atoms with van der Waals surface area (Å²) in [5.74, 6) is -0.626. The molecule has 0 saturated carbocycles. The summed E-state index contributed by atoms with van der Waals surface area (Å²) in [6, 6.07) is 13.8. The van der Waals surface area contributed by atoms with Crippen LogP contribution in [0.5, 0.6) is 0 Å². The number of nitrogens with zero attached hydrogens (tertiary/aromatic N) is 1. The number of carbonyl (C=O) groups is 1. The van der Waals surface area contributed by atoms with Gasteiger partial charge < -0.3 is 4.74 Å². The van der Waals surface area contributed by atoms with E-state index in [1.807, 2.05) is 6.07 Å². The Morgan fingerprint density at radius 3 is 2.52 bits per heavy atom. The van der Waals surface area contributed by atoms with Crippen molar-refractivity contribution in [3.63, 3.8) is 0 Å². The van der Waals surface area contributed by atoms with E-state index in [0.29, 0.717) is 0 Å². The number of nitriles is 1. The Kier molecular flexibility index (Phi) is 4.98. The zero-order valence-electron chi connectivity index (χ0n) is 12.3. The van der Waals surface area contributed by atoms with Crippen LogP contribution >= 0.6 is 0 Å². The van der Waals surface area contributed by atoms with Crippen molar-refractivity contribution in [1.82, 2.24) is 0 Å². The van der Waals surface area contributed by atoms with Crippen molar-refractivity contribution in [2.24, 2.45) is 0 Å². The van der Waals surface area contributed by atoms with E-state index >= 15 is 0 Å². The molecule has 0 unspecified atom stereocenters. The van der Waals surface area contributed by atoms with Gasteiger partial charge >= 0.3 is 5.97 Å². The summed E-state index contributed by atoms with van der Waals surface area (Å²) in [5, 5.41) is 9.04. The van der Waals surface area contributed by atoms with Crippen LogP contribution in [-0.4, -0.2) is 21.0 Å². The number of hydrogen-bond acceptors (Lipinski definition) is 5. The van der Waals surface area contributed by atoms with Gasteiger partial charge in [-0.2, -0.15) is 5.26 Å². The van der Waals surface area contributed by atoms with E-state index in [4.69, 9.17) is 10.00 Å². The minimum atomic E-state index is -4.01. The van der Waals surface area contributed by atoms with E-state index in [9.17, 15) is 13.2 Å². The summed E-state index contributed by atoms with van der Waals surface area (Å²) in [4.78, 5) is 11.7. The van der Waals surface area contributed by atoms with E-state index in [0.717, 1.165) is 0 Å². The number of sulfonamides is 1. The number of nitrogens with one attached hydrogen (secondary N) is 1. The third-order valence-electron chi connectivity index (χ3n) is 2.96. The Labute approximate surface area is 134 Å². The fourth-order valence-corrected chi connectivity index (χ4v) is 3.19. The van der Waals surface area contributed by atoms with Crippen LogP contribution in [0.4, 0.5) is 5.69 Å². The zero-order valence-corrected chi connectivity index (χ0v) is 13.1. The molecule has 2 rings (SSSR count). The Bertz CT molecular complexity index is 870. The summed E-state index contributed by atoms with van der Waals surface area (Å²) in [6.07, 6.45) is 0. The summed E-state index contributed by atoms with van der Waals surface area (Å²) < 4.78 is 32.2. The van der Waals surface area contributed by atoms with E-state index in [2.05, 4.69) is 4.72 Å². The van der Waals surface area contributed by atoms with Gasteiger partial charge in [0.05, 0.1) is 23.4 Å². The van der Waals surface area contributed by atoms with Crippen LogP contribution < -0.4 is 4.72 Å². The maximum Gasteiger partial charge on any atom is 0.340 e. The van der Waals surface area contributed by atoms with Crippen LogP contribution in [0.2, 0.25) is 0 Å². The highest BCUT2D eigenvalue weighted by Gasteiger charge is 2.21. The standard InChI is InChI=1S/C16H14N2O4S/c1-2-22-16(19)13-8-4-5-9-14(13)18-23(20,21)15-10-6-3-7-12(15)11-17/h3-10,18H,2H2,1H3. The lowest BCUT2D eigenvalue weighted by Gasteiger charge is -2.12. The van der Waals surface area contributed by atoms with Crippen LogP contribution in [0.15, 0.2) is 53.4 Å². The van der Waals surface area contributed by atoms with Crippen molar-refractivity contribution >= 4 is 21.7 Å². The number of carbonyl (C=O) groups excluding carboxylic acids is 1. The fourth-order valence-electron chi connectivity index (χ4n) is 1.95. The molecular formula is C16H14N2O4S. The van der Waals surface area contributed by atoms with Gasteiger partial charge in [0, 0.05) is 0 Å². The lowest BCUT2D eigenvalue weighted by atomic mass is 10.2. The first-order valence-corrected chi connectivity index (χ1v) is 8.26. The number of rotatable bonds is 5. The van der Waals surface area contributed by atoms with Gasteiger partial charge in [-0.05, 0) is 31.2 Å². The molecule has 0 atom stereocenters. The molecule has 0 bridgehead atoms. The molecule has 0 aliphatic carbocycles. The van der Waals surface area contributed by atoms with Gasteiger partial charge in [0.2, 0.25) is 0 Å². The molecule has 0 spiro atoms. The molecule has 0 saturated heterocycles. The molecule has 0 aliphatic rings. The van der Waals surface area contributed by atoms with Crippen LogP contribution in [0.3, 0.4) is 0 Å². The Hall–Kier alpha value is -2.85. The van der Waals surface area contributed by atoms with Crippen LogP contribution in [0.25, 0.3) is 0 Å². The molecule has 7 heteroatoms. The summed E-state index contributed by atoms with van der Waals surface area (Å²) in [6.45, 7) is 1.84. The summed E-state index contributed by atoms with van der Waals surface area (Å²) in [7, 11) is -4.01. The highest BCUT2D eigenvalue weighted by molar-refractivity contribution is 7.92. The fraction of sp³-hybridized carbons (Fsp3) is 0.125. The van der Waals surface area contributed by atoms with Gasteiger partial charge in [-0.25, -0.2) is 13.2 Å². The van der Waals surface area contributed by atoms with E-state index < -0.39 is 16.0 Å². The highest BCUT2D eigenvalue weighted by Crippen LogP contribution is 2.22. The third-order valence-corrected chi connectivity index (χ3v) is 4.39. The monoisotopic (exact) mass is 330 g/mol. The molecule has 0 aromatic heterocycles. The first-order valence-electron chi connectivity index (χ1n) is 6.77. The van der Waals surface area contributed by atoms with Crippen molar-refractivity contribution in [1.29, 1.82) is 5.26 Å². The Morgan fingerprint density at radius 2 is 1.83 bits per heavy atom.